The fourth-order valence-corrected chi connectivity index (χ4v) is 3.58. The summed E-state index contributed by atoms with van der Waals surface area (Å²) in [6.07, 6.45) is 2.61. The second-order valence-corrected chi connectivity index (χ2v) is 8.65. The number of nitrogens with one attached hydrogen (secondary N) is 2. The Bertz CT molecular complexity index is 644. The summed E-state index contributed by atoms with van der Waals surface area (Å²) in [5, 5.41) is 6.90. The van der Waals surface area contributed by atoms with E-state index in [0.717, 1.165) is 49.4 Å². The van der Waals surface area contributed by atoms with Crippen molar-refractivity contribution in [2.45, 2.75) is 33.2 Å². The van der Waals surface area contributed by atoms with E-state index >= 15 is 0 Å². The highest BCUT2D eigenvalue weighted by molar-refractivity contribution is 14.0. The highest BCUT2D eigenvalue weighted by atomic mass is 127. The minimum absolute atomic E-state index is 0. The van der Waals surface area contributed by atoms with Crippen molar-refractivity contribution in [2.75, 3.05) is 59.5 Å². The maximum Gasteiger partial charge on any atom is 0.191 e. The molecule has 1 atom stereocenters. The van der Waals surface area contributed by atoms with Gasteiger partial charge in [0.2, 0.25) is 0 Å². The van der Waals surface area contributed by atoms with Crippen LogP contribution in [0.2, 0.25) is 0 Å². The molecule has 30 heavy (non-hydrogen) atoms. The second kappa shape index (κ2) is 13.4. The van der Waals surface area contributed by atoms with E-state index < -0.39 is 0 Å². The molecule has 0 radical (unpaired) electrons. The summed E-state index contributed by atoms with van der Waals surface area (Å²) < 4.78 is 6.02. The minimum atomic E-state index is 0. The quantitative estimate of drug-likeness (QED) is 0.277. The van der Waals surface area contributed by atoms with Crippen LogP contribution in [0.4, 0.5) is 0 Å². The van der Waals surface area contributed by atoms with Crippen molar-refractivity contribution >= 4 is 29.9 Å². The maximum atomic E-state index is 6.02. The van der Waals surface area contributed by atoms with E-state index in [9.17, 15) is 0 Å². The number of hydrogen-bond acceptors (Lipinski definition) is 4. The Morgan fingerprint density at radius 1 is 1.17 bits per heavy atom. The Morgan fingerprint density at radius 3 is 2.60 bits per heavy atom. The van der Waals surface area contributed by atoms with Gasteiger partial charge in [-0.3, -0.25) is 0 Å². The largest absolute Gasteiger partial charge is 0.493 e. The molecule has 170 valence electrons. The summed E-state index contributed by atoms with van der Waals surface area (Å²) in [4.78, 5) is 9.79. The summed E-state index contributed by atoms with van der Waals surface area (Å²) >= 11 is 0. The van der Waals surface area contributed by atoms with Crippen LogP contribution < -0.4 is 15.4 Å². The van der Waals surface area contributed by atoms with Gasteiger partial charge in [0.05, 0.1) is 13.2 Å². The van der Waals surface area contributed by atoms with Crippen LogP contribution >= 0.6 is 24.0 Å². The van der Waals surface area contributed by atoms with Gasteiger partial charge < -0.3 is 25.2 Å². The van der Waals surface area contributed by atoms with E-state index in [1.807, 2.05) is 6.07 Å². The van der Waals surface area contributed by atoms with Crippen LogP contribution in [0.1, 0.15) is 32.3 Å². The van der Waals surface area contributed by atoms with Crippen molar-refractivity contribution in [3.63, 3.8) is 0 Å². The van der Waals surface area contributed by atoms with E-state index in [4.69, 9.17) is 9.73 Å². The number of guanidine groups is 1. The number of rotatable bonds is 10. The van der Waals surface area contributed by atoms with Gasteiger partial charge in [0.1, 0.15) is 5.75 Å². The third-order valence-electron chi connectivity index (χ3n) is 5.68. The molecule has 0 amide bonds. The van der Waals surface area contributed by atoms with Crippen LogP contribution in [-0.4, -0.2) is 75.2 Å². The Balaban J connectivity index is 0.00000320. The topological polar surface area (TPSA) is 52.1 Å². The van der Waals surface area contributed by atoms with Crippen molar-refractivity contribution in [3.05, 3.63) is 29.8 Å². The molecule has 0 spiro atoms. The molecule has 2 fully saturated rings. The zero-order chi connectivity index (χ0) is 20.5. The van der Waals surface area contributed by atoms with E-state index in [2.05, 4.69) is 59.5 Å². The monoisotopic (exact) mass is 529 g/mol. The SMILES string of the molecule is CCNC(=NCc1ccccc1OCC1CC1)NCC(C)CN1CCN(C)CC1.I. The lowest BCUT2D eigenvalue weighted by molar-refractivity contribution is 0.139. The summed E-state index contributed by atoms with van der Waals surface area (Å²) in [6, 6.07) is 8.28. The predicted octanol–water partition coefficient (Wildman–Crippen LogP) is 3.03. The van der Waals surface area contributed by atoms with Gasteiger partial charge in [-0.05, 0) is 44.7 Å². The molecular formula is C23H40IN5O. The van der Waals surface area contributed by atoms with Crippen LogP contribution in [-0.2, 0) is 6.54 Å². The van der Waals surface area contributed by atoms with Crippen molar-refractivity contribution in [2.24, 2.45) is 16.8 Å². The van der Waals surface area contributed by atoms with Crippen LogP contribution in [0.3, 0.4) is 0 Å². The van der Waals surface area contributed by atoms with Crippen LogP contribution in [0.15, 0.2) is 29.3 Å². The number of aliphatic imine (C=N–C) groups is 1. The molecule has 2 N–H and O–H groups in total. The van der Waals surface area contributed by atoms with Gasteiger partial charge in [0, 0.05) is 51.4 Å². The fraction of sp³-hybridized carbons (Fsp3) is 0.696. The normalized spacial score (nSPS) is 19.1. The van der Waals surface area contributed by atoms with Crippen LogP contribution in [0, 0.1) is 11.8 Å². The first kappa shape index (κ1) is 25.2. The molecule has 1 aromatic carbocycles. The van der Waals surface area contributed by atoms with Gasteiger partial charge in [-0.25, -0.2) is 4.99 Å². The minimum Gasteiger partial charge on any atom is -0.493 e. The number of likely N-dealkylation sites (N-methyl/N-ethyl adjacent to an activating group) is 1. The molecule has 3 rings (SSSR count). The Kier molecular flexibility index (Phi) is 11.2. The summed E-state index contributed by atoms with van der Waals surface area (Å²) in [6.45, 7) is 13.5. The summed E-state index contributed by atoms with van der Waals surface area (Å²) in [5.74, 6) is 3.20. The first-order valence-corrected chi connectivity index (χ1v) is 11.3. The van der Waals surface area contributed by atoms with E-state index in [-0.39, 0.29) is 24.0 Å². The van der Waals surface area contributed by atoms with Gasteiger partial charge in [0.25, 0.3) is 0 Å². The first-order valence-electron chi connectivity index (χ1n) is 11.3. The van der Waals surface area contributed by atoms with Gasteiger partial charge in [-0.15, -0.1) is 24.0 Å². The Labute approximate surface area is 199 Å². The van der Waals surface area contributed by atoms with E-state index in [1.165, 1.54) is 39.0 Å². The molecule has 0 bridgehead atoms. The van der Waals surface area contributed by atoms with Crippen molar-refractivity contribution in [3.8, 4) is 5.75 Å². The predicted molar refractivity (Wildman–Crippen MR) is 136 cm³/mol. The number of halogens is 1. The van der Waals surface area contributed by atoms with Crippen LogP contribution in [0.5, 0.6) is 5.75 Å². The summed E-state index contributed by atoms with van der Waals surface area (Å²) in [7, 11) is 2.20. The number of piperazine rings is 1. The lowest BCUT2D eigenvalue weighted by Crippen LogP contribution is -2.47. The number of benzene rings is 1. The maximum absolute atomic E-state index is 6.02. The van der Waals surface area contributed by atoms with Crippen molar-refractivity contribution in [1.82, 2.24) is 20.4 Å². The van der Waals surface area contributed by atoms with Gasteiger partial charge in [0.15, 0.2) is 5.96 Å². The van der Waals surface area contributed by atoms with Crippen molar-refractivity contribution < 1.29 is 4.74 Å². The molecule has 1 aromatic rings. The van der Waals surface area contributed by atoms with E-state index in [1.54, 1.807) is 0 Å². The average Bonchev–Trinajstić information content (AvgIpc) is 3.55. The highest BCUT2D eigenvalue weighted by Gasteiger charge is 2.22. The lowest BCUT2D eigenvalue weighted by atomic mass is 10.1. The third kappa shape index (κ3) is 8.98. The number of ether oxygens (including phenoxy) is 1. The second-order valence-electron chi connectivity index (χ2n) is 8.65. The zero-order valence-electron chi connectivity index (χ0n) is 18.9. The molecule has 1 heterocycles. The number of hydrogen-bond donors (Lipinski definition) is 2. The molecule has 0 aromatic heterocycles. The molecule has 2 aliphatic rings. The van der Waals surface area contributed by atoms with Crippen LogP contribution in [0.25, 0.3) is 0 Å². The fourth-order valence-electron chi connectivity index (χ4n) is 3.58. The molecule has 1 aliphatic heterocycles. The molecule has 1 saturated heterocycles. The highest BCUT2D eigenvalue weighted by Crippen LogP contribution is 2.30. The molecule has 1 aliphatic carbocycles. The molecule has 6 nitrogen and oxygen atoms in total. The Morgan fingerprint density at radius 2 is 1.90 bits per heavy atom. The smallest absolute Gasteiger partial charge is 0.191 e. The molecular weight excluding hydrogens is 489 g/mol. The lowest BCUT2D eigenvalue weighted by Gasteiger charge is -2.34. The molecule has 7 heteroatoms. The van der Waals surface area contributed by atoms with Gasteiger partial charge in [-0.1, -0.05) is 25.1 Å². The third-order valence-corrected chi connectivity index (χ3v) is 5.68. The average molecular weight is 530 g/mol. The molecule has 1 unspecified atom stereocenters. The van der Waals surface area contributed by atoms with Crippen molar-refractivity contribution in [1.29, 1.82) is 0 Å². The van der Waals surface area contributed by atoms with Gasteiger partial charge >= 0.3 is 0 Å². The number of para-hydroxylation sites is 1. The standard InChI is InChI=1S/C23H39N5O.HI/c1-4-24-23(25-15-19(2)17-28-13-11-27(3)12-14-28)26-16-21-7-5-6-8-22(21)29-18-20-9-10-20;/h5-8,19-20H,4,9-18H2,1-3H3,(H2,24,25,26);1H. The molecule has 1 saturated carbocycles. The zero-order valence-corrected chi connectivity index (χ0v) is 21.2. The van der Waals surface area contributed by atoms with E-state index in [0.29, 0.717) is 12.5 Å². The van der Waals surface area contributed by atoms with Gasteiger partial charge in [-0.2, -0.15) is 0 Å². The first-order chi connectivity index (χ1) is 14.1. The number of nitrogens with zero attached hydrogens (tertiary/aromatic N) is 3. The Hall–Kier alpha value is -1.06. The summed E-state index contributed by atoms with van der Waals surface area (Å²) in [5.41, 5.74) is 1.15.